The van der Waals surface area contributed by atoms with Gasteiger partial charge in [0.2, 0.25) is 10.0 Å². The van der Waals surface area contributed by atoms with E-state index in [0.717, 1.165) is 21.0 Å². The smallest absolute Gasteiger partial charge is 0.276 e. The monoisotopic (exact) mass is 373 g/mol. The summed E-state index contributed by atoms with van der Waals surface area (Å²) >= 11 is 0. The van der Waals surface area contributed by atoms with Crippen molar-refractivity contribution in [3.05, 3.63) is 53.3 Å². The maximum absolute atomic E-state index is 12.4. The van der Waals surface area contributed by atoms with Gasteiger partial charge in [-0.05, 0) is 16.7 Å². The average Bonchev–Trinajstić information content (AvgIpc) is 2.98. The van der Waals surface area contributed by atoms with Crippen molar-refractivity contribution in [2.75, 3.05) is 12.3 Å². The van der Waals surface area contributed by atoms with Crippen LogP contribution in [-0.2, 0) is 23.6 Å². The Balaban J connectivity index is 1.91. The highest BCUT2D eigenvalue weighted by molar-refractivity contribution is 7.89. The van der Waals surface area contributed by atoms with Crippen LogP contribution in [0.25, 0.3) is 0 Å². The van der Waals surface area contributed by atoms with Crippen LogP contribution in [0.3, 0.4) is 0 Å². The Morgan fingerprint density at radius 3 is 2.64 bits per heavy atom. The molecule has 0 unspecified atom stereocenters. The summed E-state index contributed by atoms with van der Waals surface area (Å²) in [5.41, 5.74) is 2.63. The maximum atomic E-state index is 12.4. The Hall–Kier alpha value is -1.87. The molecule has 0 fully saturated rings. The summed E-state index contributed by atoms with van der Waals surface area (Å²) < 4.78 is 65.0. The van der Waals surface area contributed by atoms with Gasteiger partial charge in [-0.2, -0.15) is 22.6 Å². The molecule has 1 atom stereocenters. The van der Waals surface area contributed by atoms with Crippen LogP contribution in [0.15, 0.2) is 36.7 Å². The van der Waals surface area contributed by atoms with Gasteiger partial charge >= 0.3 is 6.18 Å². The molecule has 0 amide bonds. The molecule has 1 aromatic heterocycles. The van der Waals surface area contributed by atoms with E-state index in [-0.39, 0.29) is 19.0 Å². The second-order valence-electron chi connectivity index (χ2n) is 6.17. The first-order chi connectivity index (χ1) is 11.7. The average molecular weight is 373 g/mol. The first-order valence-corrected chi connectivity index (χ1v) is 9.37. The van der Waals surface area contributed by atoms with Gasteiger partial charge in [0, 0.05) is 32.3 Å². The van der Waals surface area contributed by atoms with Crippen molar-refractivity contribution in [1.82, 2.24) is 14.1 Å². The number of aryl methyl sites for hydroxylation is 1. The number of hydrogen-bond donors (Lipinski definition) is 0. The van der Waals surface area contributed by atoms with Crippen molar-refractivity contribution < 1.29 is 21.6 Å². The molecule has 1 aromatic carbocycles. The molecular formula is C16H18F3N3O2S. The summed E-state index contributed by atoms with van der Waals surface area (Å²) in [5.74, 6) is -1.18. The Bertz CT molecular complexity index is 862. The molecule has 0 spiro atoms. The van der Waals surface area contributed by atoms with Gasteiger partial charge in [0.15, 0.2) is 0 Å². The third-order valence-corrected chi connectivity index (χ3v) is 6.11. The molecule has 0 bridgehead atoms. The highest BCUT2D eigenvalue weighted by Gasteiger charge is 2.36. The summed E-state index contributed by atoms with van der Waals surface area (Å²) in [6, 6.07) is 7.40. The molecule has 2 heterocycles. The molecule has 0 radical (unpaired) electrons. The van der Waals surface area contributed by atoms with E-state index in [2.05, 4.69) is 5.10 Å². The standard InChI is InChI=1S/C16H18F3N3O2S/c1-21-9-13(8-20-21)15-11-22(10-12-4-2-3-5-14(12)15)25(23,24)7-6-16(17,18)19/h2-5,8-9,15H,6-7,10-11H2,1H3/t15-/m1/s1. The summed E-state index contributed by atoms with van der Waals surface area (Å²) in [7, 11) is -2.25. The van der Waals surface area contributed by atoms with Gasteiger partial charge in [-0.25, -0.2) is 8.42 Å². The van der Waals surface area contributed by atoms with E-state index in [9.17, 15) is 21.6 Å². The summed E-state index contributed by atoms with van der Waals surface area (Å²) in [6.07, 6.45) is -2.38. The first-order valence-electron chi connectivity index (χ1n) is 7.77. The highest BCUT2D eigenvalue weighted by Crippen LogP contribution is 2.35. The van der Waals surface area contributed by atoms with Crippen LogP contribution in [0, 0.1) is 0 Å². The number of fused-ring (bicyclic) bond motifs is 1. The fourth-order valence-corrected chi connectivity index (χ4v) is 4.53. The van der Waals surface area contributed by atoms with Crippen LogP contribution in [0.1, 0.15) is 29.0 Å². The zero-order valence-electron chi connectivity index (χ0n) is 13.6. The Labute approximate surface area is 144 Å². The maximum Gasteiger partial charge on any atom is 0.390 e. The van der Waals surface area contributed by atoms with Gasteiger partial charge in [0.05, 0.1) is 18.4 Å². The van der Waals surface area contributed by atoms with Crippen molar-refractivity contribution in [1.29, 1.82) is 0 Å². The van der Waals surface area contributed by atoms with E-state index in [4.69, 9.17) is 0 Å². The number of sulfonamides is 1. The summed E-state index contributed by atoms with van der Waals surface area (Å²) in [4.78, 5) is 0. The normalized spacial score (nSPS) is 19.0. The quantitative estimate of drug-likeness (QED) is 0.828. The van der Waals surface area contributed by atoms with Gasteiger partial charge < -0.3 is 0 Å². The predicted octanol–water partition coefficient (Wildman–Crippen LogP) is 2.65. The highest BCUT2D eigenvalue weighted by atomic mass is 32.2. The van der Waals surface area contributed by atoms with Crippen molar-refractivity contribution in [3.63, 3.8) is 0 Å². The van der Waals surface area contributed by atoms with E-state index in [1.54, 1.807) is 30.2 Å². The van der Waals surface area contributed by atoms with Crippen molar-refractivity contribution in [2.45, 2.75) is 25.1 Å². The molecule has 0 N–H and O–H groups in total. The predicted molar refractivity (Wildman–Crippen MR) is 86.4 cm³/mol. The Morgan fingerprint density at radius 1 is 1.28 bits per heavy atom. The molecule has 0 aliphatic carbocycles. The number of nitrogens with zero attached hydrogens (tertiary/aromatic N) is 3. The van der Waals surface area contributed by atoms with Crippen LogP contribution in [0.5, 0.6) is 0 Å². The fraction of sp³-hybridized carbons (Fsp3) is 0.438. The number of halogens is 3. The minimum Gasteiger partial charge on any atom is -0.276 e. The SMILES string of the molecule is Cn1cc([C@H]2CN(S(=O)(=O)CCC(F)(F)F)Cc3ccccc32)cn1. The van der Waals surface area contributed by atoms with E-state index in [0.29, 0.717) is 0 Å². The first kappa shape index (κ1) is 17.9. The van der Waals surface area contributed by atoms with Gasteiger partial charge in [0.25, 0.3) is 0 Å². The zero-order valence-corrected chi connectivity index (χ0v) is 14.4. The minimum atomic E-state index is -4.50. The molecule has 1 aliphatic heterocycles. The van der Waals surface area contributed by atoms with Crippen molar-refractivity contribution in [3.8, 4) is 0 Å². The number of alkyl halides is 3. The van der Waals surface area contributed by atoms with Gasteiger partial charge in [-0.15, -0.1) is 0 Å². The molecule has 25 heavy (non-hydrogen) atoms. The van der Waals surface area contributed by atoms with Crippen LogP contribution < -0.4 is 0 Å². The van der Waals surface area contributed by atoms with E-state index in [1.807, 2.05) is 18.2 Å². The van der Waals surface area contributed by atoms with Crippen LogP contribution >= 0.6 is 0 Å². The Morgan fingerprint density at radius 2 is 2.00 bits per heavy atom. The third-order valence-electron chi connectivity index (χ3n) is 4.33. The lowest BCUT2D eigenvalue weighted by atomic mass is 9.87. The van der Waals surface area contributed by atoms with Crippen LogP contribution in [0.2, 0.25) is 0 Å². The number of aromatic nitrogens is 2. The molecule has 2 aromatic rings. The lowest BCUT2D eigenvalue weighted by Crippen LogP contribution is -2.40. The van der Waals surface area contributed by atoms with Crippen molar-refractivity contribution in [2.24, 2.45) is 7.05 Å². The number of benzene rings is 1. The largest absolute Gasteiger partial charge is 0.390 e. The molecule has 1 aliphatic rings. The molecule has 3 rings (SSSR count). The minimum absolute atomic E-state index is 0.0904. The van der Waals surface area contributed by atoms with Crippen LogP contribution in [-0.4, -0.2) is 41.0 Å². The van der Waals surface area contributed by atoms with Crippen LogP contribution in [0.4, 0.5) is 13.2 Å². The molecule has 9 heteroatoms. The van der Waals surface area contributed by atoms with Gasteiger partial charge in [-0.3, -0.25) is 4.68 Å². The fourth-order valence-electron chi connectivity index (χ4n) is 3.07. The second kappa shape index (κ2) is 6.45. The summed E-state index contributed by atoms with van der Waals surface area (Å²) in [6.45, 7) is 0.204. The molecule has 0 saturated heterocycles. The molecule has 0 saturated carbocycles. The van der Waals surface area contributed by atoms with Crippen molar-refractivity contribution >= 4 is 10.0 Å². The lowest BCUT2D eigenvalue weighted by Gasteiger charge is -2.33. The molecule has 5 nitrogen and oxygen atoms in total. The van der Waals surface area contributed by atoms with Gasteiger partial charge in [-0.1, -0.05) is 24.3 Å². The van der Waals surface area contributed by atoms with E-state index in [1.165, 1.54) is 0 Å². The second-order valence-corrected chi connectivity index (χ2v) is 8.26. The van der Waals surface area contributed by atoms with E-state index < -0.39 is 28.4 Å². The lowest BCUT2D eigenvalue weighted by molar-refractivity contribution is -0.130. The third kappa shape index (κ3) is 4.04. The summed E-state index contributed by atoms with van der Waals surface area (Å²) in [5, 5.41) is 4.12. The molecular weight excluding hydrogens is 355 g/mol. The number of rotatable bonds is 4. The molecule has 136 valence electrons. The Kier molecular flexibility index (Phi) is 4.63. The zero-order chi connectivity index (χ0) is 18.2. The van der Waals surface area contributed by atoms with E-state index >= 15 is 0 Å². The topological polar surface area (TPSA) is 55.2 Å². The van der Waals surface area contributed by atoms with Gasteiger partial charge in [0.1, 0.15) is 0 Å². The number of hydrogen-bond acceptors (Lipinski definition) is 3.